The van der Waals surface area contributed by atoms with E-state index in [0.29, 0.717) is 10.6 Å². The van der Waals surface area contributed by atoms with Crippen LogP contribution in [0, 0.1) is 11.7 Å². The molecule has 0 heterocycles. The lowest BCUT2D eigenvalue weighted by atomic mass is 10.0. The average molecular weight is 228 g/mol. The minimum absolute atomic E-state index is 0.209. The van der Waals surface area contributed by atoms with E-state index in [2.05, 4.69) is 0 Å². The molecule has 0 fully saturated rings. The quantitative estimate of drug-likeness (QED) is 0.780. The van der Waals surface area contributed by atoms with Gasteiger partial charge < -0.3 is 5.11 Å². The third kappa shape index (κ3) is 3.84. The Hall–Kier alpha value is -0.540. The predicted molar refractivity (Wildman–Crippen MR) is 62.6 cm³/mol. The molecule has 0 aliphatic rings. The lowest BCUT2D eigenvalue weighted by Gasteiger charge is -2.16. The van der Waals surface area contributed by atoms with Crippen LogP contribution in [0.15, 0.2) is 29.2 Å². The first-order chi connectivity index (χ1) is 7.15. The molecule has 15 heavy (non-hydrogen) atoms. The molecule has 84 valence electrons. The van der Waals surface area contributed by atoms with Gasteiger partial charge in [0.1, 0.15) is 5.82 Å². The van der Waals surface area contributed by atoms with E-state index in [9.17, 15) is 9.50 Å². The van der Waals surface area contributed by atoms with Crippen molar-refractivity contribution in [1.82, 2.24) is 0 Å². The molecule has 0 spiro atoms. The van der Waals surface area contributed by atoms with E-state index in [-0.39, 0.29) is 17.8 Å². The Balaban J connectivity index is 2.47. The molecule has 0 saturated heterocycles. The number of hydrogen-bond donors (Lipinski definition) is 1. The molecule has 0 saturated carbocycles. The molecule has 1 nitrogen and oxygen atoms in total. The van der Waals surface area contributed by atoms with E-state index in [0.717, 1.165) is 6.42 Å². The Labute approximate surface area is 94.7 Å². The summed E-state index contributed by atoms with van der Waals surface area (Å²) in [5.41, 5.74) is 0. The molecule has 2 unspecified atom stereocenters. The van der Waals surface area contributed by atoms with Crippen LogP contribution >= 0.6 is 11.8 Å². The fourth-order valence-electron chi connectivity index (χ4n) is 1.17. The first-order valence-electron chi connectivity index (χ1n) is 5.20. The highest BCUT2D eigenvalue weighted by Gasteiger charge is 2.13. The first-order valence-corrected chi connectivity index (χ1v) is 6.19. The van der Waals surface area contributed by atoms with Gasteiger partial charge in [0.05, 0.1) is 6.10 Å². The second-order valence-corrected chi connectivity index (χ2v) is 4.76. The van der Waals surface area contributed by atoms with Gasteiger partial charge in [-0.25, -0.2) is 4.39 Å². The van der Waals surface area contributed by atoms with Gasteiger partial charge in [0.2, 0.25) is 0 Å². The lowest BCUT2D eigenvalue weighted by molar-refractivity contribution is 0.137. The third-order valence-corrected chi connectivity index (χ3v) is 3.70. The number of aliphatic hydroxyl groups is 1. The summed E-state index contributed by atoms with van der Waals surface area (Å²) in [6.07, 6.45) is 0.582. The number of hydrogen-bond acceptors (Lipinski definition) is 2. The number of thioether (sulfide) groups is 1. The topological polar surface area (TPSA) is 20.2 Å². The molecule has 1 rings (SSSR count). The van der Waals surface area contributed by atoms with E-state index in [1.165, 1.54) is 17.8 Å². The highest BCUT2D eigenvalue weighted by Crippen LogP contribution is 2.24. The van der Waals surface area contributed by atoms with Crippen LogP contribution in [0.4, 0.5) is 4.39 Å². The molecule has 1 N–H and O–H groups in total. The van der Waals surface area contributed by atoms with Crippen LogP contribution in [0.3, 0.4) is 0 Å². The van der Waals surface area contributed by atoms with Crippen molar-refractivity contribution in [3.8, 4) is 0 Å². The van der Waals surface area contributed by atoms with E-state index >= 15 is 0 Å². The molecule has 0 aliphatic heterocycles. The summed E-state index contributed by atoms with van der Waals surface area (Å²) in [5.74, 6) is 0.610. The molecule has 2 atom stereocenters. The highest BCUT2D eigenvalue weighted by molar-refractivity contribution is 7.99. The van der Waals surface area contributed by atoms with Gasteiger partial charge >= 0.3 is 0 Å². The summed E-state index contributed by atoms with van der Waals surface area (Å²) < 4.78 is 13.2. The minimum atomic E-state index is -0.361. The molecule has 3 heteroatoms. The van der Waals surface area contributed by atoms with Crippen LogP contribution in [-0.2, 0) is 0 Å². The summed E-state index contributed by atoms with van der Waals surface area (Å²) in [4.78, 5) is 0.611. The van der Waals surface area contributed by atoms with Gasteiger partial charge in [-0.3, -0.25) is 0 Å². The second kappa shape index (κ2) is 6.13. The van der Waals surface area contributed by atoms with Crippen molar-refractivity contribution < 1.29 is 9.50 Å². The third-order valence-electron chi connectivity index (χ3n) is 2.55. The summed E-state index contributed by atoms with van der Waals surface area (Å²) >= 11 is 1.37. The van der Waals surface area contributed by atoms with Crippen molar-refractivity contribution in [1.29, 1.82) is 0 Å². The Morgan fingerprint density at radius 2 is 2.07 bits per heavy atom. The minimum Gasteiger partial charge on any atom is -0.392 e. The van der Waals surface area contributed by atoms with Crippen molar-refractivity contribution in [2.75, 3.05) is 5.75 Å². The average Bonchev–Trinajstić information content (AvgIpc) is 2.26. The Morgan fingerprint density at radius 1 is 1.40 bits per heavy atom. The first kappa shape index (κ1) is 12.5. The van der Waals surface area contributed by atoms with Crippen LogP contribution in [-0.4, -0.2) is 17.0 Å². The van der Waals surface area contributed by atoms with E-state index < -0.39 is 0 Å². The van der Waals surface area contributed by atoms with Gasteiger partial charge in [0.15, 0.2) is 0 Å². The van der Waals surface area contributed by atoms with Gasteiger partial charge in [-0.1, -0.05) is 32.4 Å². The summed E-state index contributed by atoms with van der Waals surface area (Å²) in [6.45, 7) is 4.05. The molecular formula is C12H17FOS. The van der Waals surface area contributed by atoms with Crippen molar-refractivity contribution in [3.05, 3.63) is 30.1 Å². The monoisotopic (exact) mass is 228 g/mol. The Bertz CT molecular complexity index is 303. The van der Waals surface area contributed by atoms with E-state index in [4.69, 9.17) is 0 Å². The van der Waals surface area contributed by atoms with Crippen LogP contribution in [0.25, 0.3) is 0 Å². The van der Waals surface area contributed by atoms with Gasteiger partial charge in [-0.05, 0) is 18.1 Å². The van der Waals surface area contributed by atoms with Gasteiger partial charge in [0, 0.05) is 10.6 Å². The van der Waals surface area contributed by atoms with Crippen LogP contribution in [0.1, 0.15) is 20.3 Å². The van der Waals surface area contributed by atoms with Crippen molar-refractivity contribution in [3.63, 3.8) is 0 Å². The molecule has 0 aliphatic carbocycles. The van der Waals surface area contributed by atoms with Crippen LogP contribution < -0.4 is 0 Å². The zero-order chi connectivity index (χ0) is 11.3. The van der Waals surface area contributed by atoms with E-state index in [1.54, 1.807) is 18.2 Å². The molecular weight excluding hydrogens is 211 g/mol. The zero-order valence-electron chi connectivity index (χ0n) is 9.11. The van der Waals surface area contributed by atoms with Gasteiger partial charge in [-0.15, -0.1) is 11.8 Å². The fraction of sp³-hybridized carbons (Fsp3) is 0.500. The molecule has 0 radical (unpaired) electrons. The van der Waals surface area contributed by atoms with Crippen LogP contribution in [0.2, 0.25) is 0 Å². The fourth-order valence-corrected chi connectivity index (χ4v) is 2.23. The maximum Gasteiger partial charge on any atom is 0.136 e. The lowest BCUT2D eigenvalue weighted by Crippen LogP contribution is -2.19. The molecule has 0 amide bonds. The molecule has 0 bridgehead atoms. The van der Waals surface area contributed by atoms with Crippen LogP contribution in [0.5, 0.6) is 0 Å². The zero-order valence-corrected chi connectivity index (χ0v) is 9.93. The molecule has 1 aromatic rings. The Kier molecular flexibility index (Phi) is 5.12. The largest absolute Gasteiger partial charge is 0.392 e. The molecule has 0 aromatic heterocycles. The van der Waals surface area contributed by atoms with Gasteiger partial charge in [-0.2, -0.15) is 0 Å². The Morgan fingerprint density at radius 3 is 2.67 bits per heavy atom. The SMILES string of the molecule is CCC(C)C(O)CSc1ccccc1F. The normalized spacial score (nSPS) is 14.9. The van der Waals surface area contributed by atoms with Crippen molar-refractivity contribution >= 4 is 11.8 Å². The molecule has 1 aromatic carbocycles. The summed E-state index contributed by atoms with van der Waals surface area (Å²) in [7, 11) is 0. The maximum absolute atomic E-state index is 13.2. The number of benzene rings is 1. The number of rotatable bonds is 5. The highest BCUT2D eigenvalue weighted by atomic mass is 32.2. The van der Waals surface area contributed by atoms with Crippen molar-refractivity contribution in [2.45, 2.75) is 31.3 Å². The van der Waals surface area contributed by atoms with Gasteiger partial charge in [0.25, 0.3) is 0 Å². The van der Waals surface area contributed by atoms with E-state index in [1.807, 2.05) is 13.8 Å². The maximum atomic E-state index is 13.2. The number of aliphatic hydroxyl groups excluding tert-OH is 1. The number of halogens is 1. The summed E-state index contributed by atoms with van der Waals surface area (Å²) in [5, 5.41) is 9.73. The summed E-state index contributed by atoms with van der Waals surface area (Å²) in [6, 6.07) is 6.66. The predicted octanol–water partition coefficient (Wildman–Crippen LogP) is 3.32. The smallest absolute Gasteiger partial charge is 0.136 e. The van der Waals surface area contributed by atoms with Crippen molar-refractivity contribution in [2.24, 2.45) is 5.92 Å². The second-order valence-electron chi connectivity index (χ2n) is 3.69. The standard InChI is InChI=1S/C12H17FOS/c1-3-9(2)11(14)8-15-12-7-5-4-6-10(12)13/h4-7,9,11,14H,3,8H2,1-2H3.